The minimum atomic E-state index is -0.882. The summed E-state index contributed by atoms with van der Waals surface area (Å²) in [6.07, 6.45) is 7.11. The lowest BCUT2D eigenvalue weighted by molar-refractivity contribution is 0.0697. The summed E-state index contributed by atoms with van der Waals surface area (Å²) < 4.78 is 2.40. The molecule has 0 amide bonds. The van der Waals surface area contributed by atoms with Crippen LogP contribution in [0.25, 0.3) is 43.6 Å². The Balaban J connectivity index is 1.54. The number of aryl methyl sites for hydroxylation is 3. The third kappa shape index (κ3) is 5.41. The number of aromatic carboxylic acids is 1. The van der Waals surface area contributed by atoms with Gasteiger partial charge >= 0.3 is 5.97 Å². The van der Waals surface area contributed by atoms with Crippen LogP contribution < -0.4 is 0 Å². The van der Waals surface area contributed by atoms with Gasteiger partial charge in [-0.3, -0.25) is 0 Å². The average Bonchev–Trinajstić information content (AvgIpc) is 3.48. The van der Waals surface area contributed by atoms with E-state index in [1.165, 1.54) is 54.3 Å². The van der Waals surface area contributed by atoms with Gasteiger partial charge < -0.3 is 14.6 Å². The highest BCUT2D eigenvalue weighted by Crippen LogP contribution is 2.45. The fourth-order valence-corrected chi connectivity index (χ4v) is 7.46. The van der Waals surface area contributed by atoms with Gasteiger partial charge in [0.15, 0.2) is 0 Å². The predicted octanol–water partition coefficient (Wildman–Crippen LogP) is 8.29. The zero-order chi connectivity index (χ0) is 28.7. The Bertz CT molecular complexity index is 1740. The first kappa shape index (κ1) is 27.6. The van der Waals surface area contributed by atoms with Crippen LogP contribution in [0.5, 0.6) is 0 Å². The number of nitrogens with zero attached hydrogens (tertiary/aromatic N) is 4. The first-order chi connectivity index (χ1) is 19.8. The molecule has 0 atom stereocenters. The molecule has 1 aliphatic rings. The molecule has 1 saturated carbocycles. The lowest BCUT2D eigenvalue weighted by Gasteiger charge is -2.24. The van der Waals surface area contributed by atoms with Crippen molar-refractivity contribution in [1.82, 2.24) is 19.4 Å². The number of carboxylic acid groups (broad SMARTS) is 1. The molecule has 1 aliphatic carbocycles. The molecule has 0 unspecified atom stereocenters. The summed E-state index contributed by atoms with van der Waals surface area (Å²) in [4.78, 5) is 25.0. The van der Waals surface area contributed by atoms with Crippen LogP contribution in [0.15, 0.2) is 48.5 Å². The van der Waals surface area contributed by atoms with Gasteiger partial charge in [0.05, 0.1) is 38.0 Å². The number of hydrogen-bond donors (Lipinski definition) is 1. The van der Waals surface area contributed by atoms with Crippen molar-refractivity contribution in [3.63, 3.8) is 0 Å². The first-order valence-electron chi connectivity index (χ1n) is 14.7. The number of thiazole rings is 1. The number of aromatic nitrogens is 3. The van der Waals surface area contributed by atoms with Crippen molar-refractivity contribution in [2.24, 2.45) is 0 Å². The summed E-state index contributed by atoms with van der Waals surface area (Å²) >= 11 is 1.69. The molecular weight excluding hydrogens is 528 g/mol. The van der Waals surface area contributed by atoms with E-state index in [0.717, 1.165) is 57.2 Å². The second kappa shape index (κ2) is 11.4. The molecule has 0 spiro atoms. The topological polar surface area (TPSA) is 71.2 Å². The highest BCUT2D eigenvalue weighted by Gasteiger charge is 2.27. The van der Waals surface area contributed by atoms with E-state index in [1.807, 2.05) is 19.9 Å². The zero-order valence-corrected chi connectivity index (χ0v) is 25.2. The number of rotatable bonds is 8. The van der Waals surface area contributed by atoms with Crippen LogP contribution in [0.1, 0.15) is 71.1 Å². The molecule has 41 heavy (non-hydrogen) atoms. The standard InChI is InChI=1S/C34H38N4O2S/c1-21-33(41-22(2)35-21)29-16-12-24-19-25(13-15-28(24)36-29)32-31(23-9-6-5-7-10-23)27-14-11-26(34(39)40)20-30(27)38(32)18-8-17-37(3)4/h11-16,19-20,23H,5-10,17-18H2,1-4H3,(H,39,40). The molecule has 0 aliphatic heterocycles. The quantitative estimate of drug-likeness (QED) is 0.205. The number of benzene rings is 2. The number of pyridine rings is 1. The summed E-state index contributed by atoms with van der Waals surface area (Å²) in [5.41, 5.74) is 8.15. The van der Waals surface area contributed by atoms with Gasteiger partial charge in [0, 0.05) is 22.8 Å². The molecule has 0 radical (unpaired) electrons. The molecule has 1 fully saturated rings. The highest BCUT2D eigenvalue weighted by atomic mass is 32.1. The van der Waals surface area contributed by atoms with Gasteiger partial charge in [-0.2, -0.15) is 0 Å². The second-order valence-electron chi connectivity index (χ2n) is 11.7. The Morgan fingerprint density at radius 3 is 2.54 bits per heavy atom. The van der Waals surface area contributed by atoms with Gasteiger partial charge in [0.2, 0.25) is 0 Å². The van der Waals surface area contributed by atoms with E-state index < -0.39 is 5.97 Å². The van der Waals surface area contributed by atoms with Gasteiger partial charge in [0.25, 0.3) is 0 Å². The highest BCUT2D eigenvalue weighted by molar-refractivity contribution is 7.15. The van der Waals surface area contributed by atoms with Crippen molar-refractivity contribution in [3.05, 3.63) is 70.4 Å². The molecule has 212 valence electrons. The van der Waals surface area contributed by atoms with Crippen LogP contribution in [0, 0.1) is 13.8 Å². The van der Waals surface area contributed by atoms with E-state index in [4.69, 9.17) is 4.98 Å². The summed E-state index contributed by atoms with van der Waals surface area (Å²) in [6, 6.07) is 16.6. The maximum absolute atomic E-state index is 12.0. The van der Waals surface area contributed by atoms with Crippen LogP contribution in [-0.2, 0) is 6.54 Å². The monoisotopic (exact) mass is 566 g/mol. The molecular formula is C34H38N4O2S. The average molecular weight is 567 g/mol. The van der Waals surface area contributed by atoms with E-state index in [9.17, 15) is 9.90 Å². The van der Waals surface area contributed by atoms with Crippen LogP contribution in [0.2, 0.25) is 0 Å². The van der Waals surface area contributed by atoms with Gasteiger partial charge in [-0.1, -0.05) is 37.5 Å². The third-order valence-corrected chi connectivity index (χ3v) is 9.55. The fourth-order valence-electron chi connectivity index (χ4n) is 6.57. The molecule has 3 heterocycles. The Hall–Kier alpha value is -3.55. The van der Waals surface area contributed by atoms with Gasteiger partial charge in [-0.15, -0.1) is 11.3 Å². The molecule has 0 bridgehead atoms. The van der Waals surface area contributed by atoms with Crippen molar-refractivity contribution in [2.75, 3.05) is 20.6 Å². The Labute approximate surface area is 245 Å². The largest absolute Gasteiger partial charge is 0.478 e. The van der Waals surface area contributed by atoms with E-state index in [-0.39, 0.29) is 0 Å². The number of carbonyl (C=O) groups is 1. The smallest absolute Gasteiger partial charge is 0.335 e. The fraction of sp³-hybridized carbons (Fsp3) is 0.382. The van der Waals surface area contributed by atoms with Crippen LogP contribution in [-0.4, -0.2) is 51.2 Å². The van der Waals surface area contributed by atoms with Crippen molar-refractivity contribution in [1.29, 1.82) is 0 Å². The Morgan fingerprint density at radius 2 is 1.83 bits per heavy atom. The predicted molar refractivity (Wildman–Crippen MR) is 169 cm³/mol. The second-order valence-corrected chi connectivity index (χ2v) is 12.9. The van der Waals surface area contributed by atoms with E-state index >= 15 is 0 Å². The molecule has 5 aromatic rings. The summed E-state index contributed by atoms with van der Waals surface area (Å²) in [5, 5.41) is 13.2. The minimum Gasteiger partial charge on any atom is -0.478 e. The summed E-state index contributed by atoms with van der Waals surface area (Å²) in [7, 11) is 4.20. The van der Waals surface area contributed by atoms with E-state index in [2.05, 4.69) is 64.9 Å². The maximum atomic E-state index is 12.0. The lowest BCUT2D eigenvalue weighted by atomic mass is 9.81. The molecule has 0 saturated heterocycles. The van der Waals surface area contributed by atoms with E-state index in [1.54, 1.807) is 17.4 Å². The molecule has 7 heteroatoms. The number of fused-ring (bicyclic) bond motifs is 2. The maximum Gasteiger partial charge on any atom is 0.335 e. The van der Waals surface area contributed by atoms with Crippen LogP contribution >= 0.6 is 11.3 Å². The van der Waals surface area contributed by atoms with Gasteiger partial charge in [-0.25, -0.2) is 14.8 Å². The van der Waals surface area contributed by atoms with Crippen molar-refractivity contribution in [3.8, 4) is 21.8 Å². The van der Waals surface area contributed by atoms with E-state index in [0.29, 0.717) is 11.5 Å². The minimum absolute atomic E-state index is 0.342. The van der Waals surface area contributed by atoms with Crippen molar-refractivity contribution in [2.45, 2.75) is 64.8 Å². The number of hydrogen-bond acceptors (Lipinski definition) is 5. The molecule has 6 nitrogen and oxygen atoms in total. The lowest BCUT2D eigenvalue weighted by Crippen LogP contribution is -2.15. The molecule has 2 aromatic carbocycles. The zero-order valence-electron chi connectivity index (χ0n) is 24.4. The number of carboxylic acids is 1. The van der Waals surface area contributed by atoms with Crippen molar-refractivity contribution < 1.29 is 9.90 Å². The SMILES string of the molecule is Cc1nc(C)c(-c2ccc3cc(-c4c(C5CCCCC5)c5ccc(C(=O)O)cc5n4CCCN(C)C)ccc3n2)s1. The third-order valence-electron chi connectivity index (χ3n) is 8.45. The van der Waals surface area contributed by atoms with Crippen LogP contribution in [0.3, 0.4) is 0 Å². The Morgan fingerprint density at radius 1 is 1.02 bits per heavy atom. The first-order valence-corrected chi connectivity index (χ1v) is 15.5. The normalized spacial score (nSPS) is 14.5. The molecule has 6 rings (SSSR count). The Kier molecular flexibility index (Phi) is 7.66. The summed E-state index contributed by atoms with van der Waals surface area (Å²) in [6.45, 7) is 5.89. The van der Waals surface area contributed by atoms with Gasteiger partial charge in [0.1, 0.15) is 0 Å². The summed E-state index contributed by atoms with van der Waals surface area (Å²) in [5.74, 6) is -0.409. The molecule has 3 aromatic heterocycles. The molecule has 1 N–H and O–H groups in total. The van der Waals surface area contributed by atoms with Gasteiger partial charge in [-0.05, 0) is 101 Å². The van der Waals surface area contributed by atoms with Crippen LogP contribution in [0.4, 0.5) is 0 Å². The van der Waals surface area contributed by atoms with Crippen molar-refractivity contribution >= 4 is 39.1 Å².